The van der Waals surface area contributed by atoms with Gasteiger partial charge in [-0.2, -0.15) is 0 Å². The van der Waals surface area contributed by atoms with Crippen LogP contribution < -0.4 is 9.80 Å². The molecule has 2 heterocycles. The molecule has 0 atom stereocenters. The van der Waals surface area contributed by atoms with Gasteiger partial charge < -0.3 is 18.9 Å². The van der Waals surface area contributed by atoms with E-state index in [9.17, 15) is 0 Å². The van der Waals surface area contributed by atoms with Crippen LogP contribution >= 0.6 is 0 Å². The van der Waals surface area contributed by atoms with Crippen molar-refractivity contribution in [3.8, 4) is 33.9 Å². The number of benzene rings is 9. The van der Waals surface area contributed by atoms with E-state index in [4.69, 9.17) is 0 Å². The van der Waals surface area contributed by atoms with Crippen molar-refractivity contribution >= 4 is 55.9 Å². The summed E-state index contributed by atoms with van der Waals surface area (Å²) in [6.07, 6.45) is 0. The highest BCUT2D eigenvalue weighted by molar-refractivity contribution is 6.02. The molecule has 11 aromatic rings. The summed E-state index contributed by atoms with van der Waals surface area (Å²) in [4.78, 5) is 4.53. The zero-order valence-corrected chi connectivity index (χ0v) is 38.3. The summed E-state index contributed by atoms with van der Waals surface area (Å²) in [5, 5.41) is 1.96. The highest BCUT2D eigenvalue weighted by Gasteiger charge is 2.21. The van der Waals surface area contributed by atoms with Gasteiger partial charge in [0.2, 0.25) is 0 Å². The van der Waals surface area contributed by atoms with Crippen molar-refractivity contribution < 1.29 is 8.78 Å². The Morgan fingerprint density at radius 1 is 0.309 bits per heavy atom. The largest absolute Gasteiger partial charge is 0.311 e. The Morgan fingerprint density at radius 3 is 0.868 bits per heavy atom. The van der Waals surface area contributed by atoms with Crippen molar-refractivity contribution in [2.75, 3.05) is 9.80 Å². The third-order valence-corrected chi connectivity index (χ3v) is 12.9. The second-order valence-corrected chi connectivity index (χ2v) is 17.8. The molecule has 330 valence electrons. The average molecular weight is 887 g/mol. The molecule has 9 aromatic carbocycles. The van der Waals surface area contributed by atoms with Gasteiger partial charge in [-0.3, -0.25) is 0 Å². The predicted molar refractivity (Wildman–Crippen MR) is 279 cm³/mol. The summed E-state index contributed by atoms with van der Waals surface area (Å²) >= 11 is 0. The van der Waals surface area contributed by atoms with Crippen molar-refractivity contribution in [1.82, 2.24) is 9.13 Å². The first kappa shape index (κ1) is 42.2. The number of hydrogen-bond donors (Lipinski definition) is 0. The molecule has 0 saturated carbocycles. The van der Waals surface area contributed by atoms with E-state index in [0.717, 1.165) is 89.8 Å². The van der Waals surface area contributed by atoms with Gasteiger partial charge >= 0.3 is 0 Å². The smallest absolute Gasteiger partial charge is 0.123 e. The van der Waals surface area contributed by atoms with E-state index in [0.29, 0.717) is 0 Å². The molecule has 0 spiro atoms. The van der Waals surface area contributed by atoms with Crippen molar-refractivity contribution in [1.29, 1.82) is 0 Å². The normalized spacial score (nSPS) is 11.4. The number of hydrogen-bond acceptors (Lipinski definition) is 2. The lowest BCUT2D eigenvalue weighted by Crippen LogP contribution is -2.10. The minimum atomic E-state index is -0.301. The highest BCUT2D eigenvalue weighted by atomic mass is 19.1. The van der Waals surface area contributed by atoms with Crippen LogP contribution in [0.2, 0.25) is 0 Å². The van der Waals surface area contributed by atoms with Gasteiger partial charge in [0.1, 0.15) is 11.6 Å². The van der Waals surface area contributed by atoms with Gasteiger partial charge in [0, 0.05) is 67.4 Å². The quantitative estimate of drug-likeness (QED) is 0.136. The Kier molecular flexibility index (Phi) is 10.8. The van der Waals surface area contributed by atoms with E-state index in [1.807, 2.05) is 12.1 Å². The van der Waals surface area contributed by atoms with E-state index in [2.05, 4.69) is 216 Å². The van der Waals surface area contributed by atoms with Crippen molar-refractivity contribution in [2.24, 2.45) is 0 Å². The van der Waals surface area contributed by atoms with Crippen LogP contribution in [-0.2, 0) is 0 Å². The monoisotopic (exact) mass is 886 g/mol. The fourth-order valence-electron chi connectivity index (χ4n) is 9.36. The zero-order valence-electron chi connectivity index (χ0n) is 38.3. The van der Waals surface area contributed by atoms with E-state index in [1.54, 1.807) is 24.3 Å². The van der Waals surface area contributed by atoms with Gasteiger partial charge in [-0.05, 0) is 173 Å². The Hall–Kier alpha value is -8.48. The molecule has 0 saturated heterocycles. The number of nitrogens with zero attached hydrogens (tertiary/aromatic N) is 4. The van der Waals surface area contributed by atoms with Crippen LogP contribution in [0, 0.1) is 39.3 Å². The van der Waals surface area contributed by atoms with Gasteiger partial charge in [0.05, 0.1) is 22.4 Å². The highest BCUT2D eigenvalue weighted by Crippen LogP contribution is 2.42. The summed E-state index contributed by atoms with van der Waals surface area (Å²) in [5.41, 5.74) is 18.1. The van der Waals surface area contributed by atoms with Crippen LogP contribution in [0.25, 0.3) is 55.7 Å². The second-order valence-electron chi connectivity index (χ2n) is 17.8. The maximum Gasteiger partial charge on any atom is 0.123 e. The Labute approximate surface area is 395 Å². The molecule has 0 aliphatic rings. The summed E-state index contributed by atoms with van der Waals surface area (Å²) in [6.45, 7) is 8.40. The third kappa shape index (κ3) is 8.00. The van der Waals surface area contributed by atoms with Crippen molar-refractivity contribution in [2.45, 2.75) is 27.7 Å². The van der Waals surface area contributed by atoms with Crippen LogP contribution in [0.4, 0.5) is 42.9 Å². The number of rotatable bonds is 10. The molecule has 0 bridgehead atoms. The maximum atomic E-state index is 15.1. The number of anilines is 6. The van der Waals surface area contributed by atoms with E-state index in [-0.39, 0.29) is 11.6 Å². The molecule has 11 rings (SSSR count). The topological polar surface area (TPSA) is 16.3 Å². The van der Waals surface area contributed by atoms with Gasteiger partial charge in [0.15, 0.2) is 0 Å². The second kappa shape index (κ2) is 17.4. The van der Waals surface area contributed by atoms with Crippen LogP contribution in [0.5, 0.6) is 0 Å². The molecule has 0 aliphatic heterocycles. The van der Waals surface area contributed by atoms with Gasteiger partial charge in [-0.25, -0.2) is 8.78 Å². The van der Waals surface area contributed by atoms with E-state index < -0.39 is 0 Å². The van der Waals surface area contributed by atoms with E-state index >= 15 is 8.78 Å². The molecular weight excluding hydrogens is 839 g/mol. The van der Waals surface area contributed by atoms with Crippen LogP contribution in [0.1, 0.15) is 22.3 Å². The minimum absolute atomic E-state index is 0.301. The first-order valence-electron chi connectivity index (χ1n) is 22.9. The molecule has 4 nitrogen and oxygen atoms in total. The number of halogens is 2. The summed E-state index contributed by atoms with van der Waals surface area (Å²) in [5.74, 6) is -0.603. The first-order chi connectivity index (χ1) is 33.1. The van der Waals surface area contributed by atoms with Crippen LogP contribution in [0.3, 0.4) is 0 Å². The molecule has 0 unspecified atom stereocenters. The fraction of sp³-hybridized carbons (Fsp3) is 0.0645. The molecule has 68 heavy (non-hydrogen) atoms. The maximum absolute atomic E-state index is 15.1. The lowest BCUT2D eigenvalue weighted by atomic mass is 10.1. The summed E-state index contributed by atoms with van der Waals surface area (Å²) < 4.78 is 34.6. The molecule has 0 radical (unpaired) electrons. The number of fused-ring (bicyclic) bond motifs is 2. The predicted octanol–water partition coefficient (Wildman–Crippen LogP) is 17.4. The Balaban J connectivity index is 1.07. The molecular formula is C62H48F2N4. The van der Waals surface area contributed by atoms with Crippen LogP contribution in [0.15, 0.2) is 218 Å². The number of aryl methyl sites for hydroxylation is 4. The Bertz CT molecular complexity index is 3250. The molecule has 0 fully saturated rings. The molecule has 0 N–H and O–H groups in total. The van der Waals surface area contributed by atoms with Crippen molar-refractivity contribution in [3.05, 3.63) is 252 Å². The molecule has 0 aliphatic carbocycles. The molecule has 2 aromatic heterocycles. The standard InChI is InChI=1S/C62H48F2N4/c1-41-11-19-51(20-12-41)65(52-21-13-42(2)14-22-52)55-27-31-57(32-28-55)67-59(45-7-5-9-49(63)35-45)37-47-40-62-48(39-61(47)67)38-60(46-8-6-10-50(64)36-46)68(62)58-33-29-56(30-34-58)66(53-23-15-43(3)16-24-53)54-25-17-44(4)18-26-54/h5-40H,1-4H3. The number of aromatic nitrogens is 2. The van der Waals surface area contributed by atoms with Crippen molar-refractivity contribution in [3.63, 3.8) is 0 Å². The SMILES string of the molecule is Cc1ccc(N(c2ccc(C)cc2)c2ccc(-n3c(-c4cccc(F)c4)cc4cc5c(cc(-c6cccc(F)c6)n5-c5ccc(N(c6ccc(C)cc6)c6ccc(C)cc6)cc5)cc43)cc2)cc1. The van der Waals surface area contributed by atoms with Gasteiger partial charge in [-0.15, -0.1) is 0 Å². The minimum Gasteiger partial charge on any atom is -0.311 e. The van der Waals surface area contributed by atoms with E-state index in [1.165, 1.54) is 34.4 Å². The molecule has 0 amide bonds. The summed E-state index contributed by atoms with van der Waals surface area (Å²) in [6, 6.07) is 73.7. The zero-order chi connectivity index (χ0) is 46.5. The first-order valence-corrected chi connectivity index (χ1v) is 22.9. The Morgan fingerprint density at radius 2 is 0.588 bits per heavy atom. The van der Waals surface area contributed by atoms with Gasteiger partial charge in [0.25, 0.3) is 0 Å². The average Bonchev–Trinajstić information content (AvgIpc) is 3.92. The third-order valence-electron chi connectivity index (χ3n) is 12.9. The lowest BCUT2D eigenvalue weighted by molar-refractivity contribution is 0.628. The summed E-state index contributed by atoms with van der Waals surface area (Å²) in [7, 11) is 0. The lowest BCUT2D eigenvalue weighted by Gasteiger charge is -2.26. The fourth-order valence-corrected chi connectivity index (χ4v) is 9.36. The van der Waals surface area contributed by atoms with Crippen LogP contribution in [-0.4, -0.2) is 9.13 Å². The van der Waals surface area contributed by atoms with Gasteiger partial charge in [-0.1, -0.05) is 95.1 Å². The molecule has 6 heteroatoms.